The number of aliphatic imine (C=N–C) groups is 1. The molecule has 1 atom stereocenters. The molecule has 10 nitrogen and oxygen atoms in total. The highest BCUT2D eigenvalue weighted by Gasteiger charge is 2.47. The minimum atomic E-state index is -3.62. The van der Waals surface area contributed by atoms with Crippen molar-refractivity contribution in [1.29, 1.82) is 0 Å². The zero-order valence-electron chi connectivity index (χ0n) is 24.3. The van der Waals surface area contributed by atoms with Crippen LogP contribution in [0.1, 0.15) is 63.1 Å². The van der Waals surface area contributed by atoms with E-state index in [1.807, 2.05) is 0 Å². The van der Waals surface area contributed by atoms with Crippen LogP contribution in [0.3, 0.4) is 0 Å². The number of halogens is 2. The summed E-state index contributed by atoms with van der Waals surface area (Å²) in [6, 6.07) is 3.03. The number of rotatable bonds is 7. The van der Waals surface area contributed by atoms with E-state index in [0.29, 0.717) is 34.9 Å². The summed E-state index contributed by atoms with van der Waals surface area (Å²) in [7, 11) is -2.35. The van der Waals surface area contributed by atoms with Crippen LogP contribution in [0.25, 0.3) is 0 Å². The maximum atomic E-state index is 13.9. The van der Waals surface area contributed by atoms with Gasteiger partial charge in [-0.25, -0.2) is 26.9 Å². The van der Waals surface area contributed by atoms with Gasteiger partial charge in [-0.05, 0) is 58.6 Å². The van der Waals surface area contributed by atoms with Crippen LogP contribution in [-0.4, -0.2) is 66.5 Å². The monoisotopic (exact) mass is 652 g/mol. The lowest BCUT2D eigenvalue weighted by Crippen LogP contribution is -2.50. The largest absolute Gasteiger partial charge is 0.466 e. The number of amidine groups is 1. The molecule has 232 valence electrons. The number of esters is 2. The van der Waals surface area contributed by atoms with Gasteiger partial charge < -0.3 is 14.8 Å². The Morgan fingerprint density at radius 1 is 1.19 bits per heavy atom. The van der Waals surface area contributed by atoms with Crippen LogP contribution in [0.2, 0.25) is 5.02 Å². The lowest BCUT2D eigenvalue weighted by Gasteiger charge is -2.40. The number of nitrogens with zero attached hydrogens (tertiary/aromatic N) is 3. The number of sulfonamides is 1. The van der Waals surface area contributed by atoms with Crippen LogP contribution in [0.5, 0.6) is 0 Å². The molecule has 1 aromatic heterocycles. The van der Waals surface area contributed by atoms with Gasteiger partial charge in [-0.3, -0.25) is 9.79 Å². The molecule has 0 bridgehead atoms. The van der Waals surface area contributed by atoms with E-state index in [2.05, 4.69) is 10.3 Å². The fourth-order valence-corrected chi connectivity index (χ4v) is 8.57. The minimum absolute atomic E-state index is 0.112. The summed E-state index contributed by atoms with van der Waals surface area (Å²) in [4.78, 5) is 34.7. The zero-order chi connectivity index (χ0) is 31.1. The van der Waals surface area contributed by atoms with Crippen molar-refractivity contribution >= 4 is 50.7 Å². The van der Waals surface area contributed by atoms with Crippen molar-refractivity contribution < 1.29 is 31.9 Å². The predicted octanol–water partition coefficient (Wildman–Crippen LogP) is 4.62. The van der Waals surface area contributed by atoms with Gasteiger partial charge in [0.1, 0.15) is 17.5 Å². The molecule has 43 heavy (non-hydrogen) atoms. The maximum absolute atomic E-state index is 13.9. The summed E-state index contributed by atoms with van der Waals surface area (Å²) in [5.41, 5.74) is 0.597. The first-order chi connectivity index (χ1) is 20.3. The molecule has 0 radical (unpaired) electrons. The first-order valence-corrected chi connectivity index (χ1v) is 16.8. The molecule has 1 saturated heterocycles. The molecule has 2 aromatic rings. The highest BCUT2D eigenvalue weighted by molar-refractivity contribution is 7.89. The Balaban J connectivity index is 1.38. The van der Waals surface area contributed by atoms with Gasteiger partial charge in [0.15, 0.2) is 10.8 Å². The van der Waals surface area contributed by atoms with Gasteiger partial charge in [-0.2, -0.15) is 0 Å². The summed E-state index contributed by atoms with van der Waals surface area (Å²) >= 11 is 7.80. The third-order valence-electron chi connectivity index (χ3n) is 7.85. The molecule has 3 heterocycles. The standard InChI is InChI=1S/C29H34ClFN4O6S2/c1-29(2,3)41-27(36)17-13-19(14-17)43(38,39)35-10-7-16(8-11-35)23-22(28(37)40-4)24(20-6-5-18(31)15-21(20)30)34-25(33-23)26-32-9-12-42-26/h5-6,9,12,15-17,19,24H,7-8,10-11,13-14H2,1-4H3,(H,33,34)/t17-,19-,24-/m1/s1. The second kappa shape index (κ2) is 12.3. The number of allylic oxidation sites excluding steroid dienone is 1. The fourth-order valence-electron chi connectivity index (χ4n) is 5.62. The number of hydrogen-bond donors (Lipinski definition) is 1. The summed E-state index contributed by atoms with van der Waals surface area (Å²) in [6.45, 7) is 5.84. The van der Waals surface area contributed by atoms with Crippen LogP contribution in [-0.2, 0) is 29.1 Å². The Bertz CT molecular complexity index is 1560. The van der Waals surface area contributed by atoms with Crippen LogP contribution < -0.4 is 5.32 Å². The van der Waals surface area contributed by atoms with E-state index in [0.717, 1.165) is 0 Å². The van der Waals surface area contributed by atoms with E-state index in [-0.39, 0.29) is 48.4 Å². The number of benzene rings is 1. The number of carbonyl (C=O) groups is 2. The Hall–Kier alpha value is -2.87. The van der Waals surface area contributed by atoms with Gasteiger partial charge >= 0.3 is 11.9 Å². The van der Waals surface area contributed by atoms with Gasteiger partial charge in [0.25, 0.3) is 0 Å². The molecule has 0 spiro atoms. The Labute approximate surface area is 259 Å². The number of nitrogens with one attached hydrogen (secondary N) is 1. The average molecular weight is 653 g/mol. The SMILES string of the molecule is COC(=O)C1=C(C2CCN(S(=O)(=O)[C@H]3C[C@H](C(=O)OC(C)(C)C)C3)CC2)NC(c2nccs2)=N[C@@H]1c1ccc(F)cc1Cl. The van der Waals surface area contributed by atoms with Crippen LogP contribution in [0, 0.1) is 17.7 Å². The van der Waals surface area contributed by atoms with E-state index < -0.39 is 44.6 Å². The van der Waals surface area contributed by atoms with Crippen LogP contribution >= 0.6 is 22.9 Å². The molecule has 2 aliphatic heterocycles. The van der Waals surface area contributed by atoms with Crippen molar-refractivity contribution in [3.8, 4) is 0 Å². The fraction of sp³-hybridized carbons (Fsp3) is 0.517. The molecule has 14 heteroatoms. The highest BCUT2D eigenvalue weighted by atomic mass is 35.5. The number of aromatic nitrogens is 1. The molecule has 3 aliphatic rings. The number of piperidine rings is 1. The van der Waals surface area contributed by atoms with Gasteiger partial charge in [0.05, 0.1) is 23.9 Å². The average Bonchev–Trinajstić information content (AvgIpc) is 3.45. The Morgan fingerprint density at radius 3 is 2.47 bits per heavy atom. The predicted molar refractivity (Wildman–Crippen MR) is 161 cm³/mol. The van der Waals surface area contributed by atoms with E-state index >= 15 is 0 Å². The van der Waals surface area contributed by atoms with Gasteiger partial charge in [-0.15, -0.1) is 11.3 Å². The molecule has 1 saturated carbocycles. The summed E-state index contributed by atoms with van der Waals surface area (Å²) in [5.74, 6) is -1.73. The van der Waals surface area contributed by atoms with E-state index in [1.54, 1.807) is 32.3 Å². The molecular weight excluding hydrogens is 619 g/mol. The third kappa shape index (κ3) is 6.64. The quantitative estimate of drug-likeness (QED) is 0.430. The molecule has 1 aromatic carbocycles. The van der Waals surface area contributed by atoms with Gasteiger partial charge in [0.2, 0.25) is 10.0 Å². The highest BCUT2D eigenvalue weighted by Crippen LogP contribution is 2.42. The summed E-state index contributed by atoms with van der Waals surface area (Å²) in [5, 5.41) is 5.17. The third-order valence-corrected chi connectivity index (χ3v) is 11.3. The molecule has 1 aliphatic carbocycles. The number of methoxy groups -OCH3 is 1. The normalized spacial score (nSPS) is 23.7. The van der Waals surface area contributed by atoms with E-state index in [9.17, 15) is 22.4 Å². The molecular formula is C29H34ClFN4O6S2. The molecule has 5 rings (SSSR count). The van der Waals surface area contributed by atoms with Crippen molar-refractivity contribution in [3.63, 3.8) is 0 Å². The first-order valence-electron chi connectivity index (χ1n) is 14.0. The summed E-state index contributed by atoms with van der Waals surface area (Å²) in [6.07, 6.45) is 2.98. The first kappa shape index (κ1) is 31.6. The van der Waals surface area contributed by atoms with Crippen molar-refractivity contribution in [3.05, 3.63) is 62.5 Å². The van der Waals surface area contributed by atoms with Crippen LogP contribution in [0.4, 0.5) is 4.39 Å². The second-order valence-electron chi connectivity index (χ2n) is 11.9. The minimum Gasteiger partial charge on any atom is -0.466 e. The zero-order valence-corrected chi connectivity index (χ0v) is 26.7. The van der Waals surface area contributed by atoms with E-state index in [1.165, 1.54) is 41.0 Å². The van der Waals surface area contributed by atoms with E-state index in [4.69, 9.17) is 26.1 Å². The molecule has 2 fully saturated rings. The van der Waals surface area contributed by atoms with Gasteiger partial charge in [0, 0.05) is 46.9 Å². The maximum Gasteiger partial charge on any atom is 0.338 e. The molecule has 0 unspecified atom stereocenters. The van der Waals surface area contributed by atoms with Crippen molar-refractivity contribution in [1.82, 2.24) is 14.6 Å². The summed E-state index contributed by atoms with van der Waals surface area (Å²) < 4.78 is 52.9. The number of hydrogen-bond acceptors (Lipinski definition) is 10. The van der Waals surface area contributed by atoms with Crippen LogP contribution in [0.15, 0.2) is 46.0 Å². The number of thiazole rings is 1. The Morgan fingerprint density at radius 2 is 1.88 bits per heavy atom. The van der Waals surface area contributed by atoms with Crippen molar-refractivity contribution in [2.45, 2.75) is 63.3 Å². The lowest BCUT2D eigenvalue weighted by molar-refractivity contribution is -0.162. The van der Waals surface area contributed by atoms with Crippen molar-refractivity contribution in [2.75, 3.05) is 20.2 Å². The molecule has 1 N–H and O–H groups in total. The smallest absolute Gasteiger partial charge is 0.338 e. The van der Waals surface area contributed by atoms with Gasteiger partial charge in [-0.1, -0.05) is 17.7 Å². The molecule has 0 amide bonds. The number of ether oxygens (including phenoxy) is 2. The number of carbonyl (C=O) groups excluding carboxylic acids is 2. The van der Waals surface area contributed by atoms with Crippen molar-refractivity contribution in [2.24, 2.45) is 16.8 Å². The lowest BCUT2D eigenvalue weighted by atomic mass is 9.85. The second-order valence-corrected chi connectivity index (χ2v) is 15.4. The topological polar surface area (TPSA) is 127 Å². The Kier molecular flexibility index (Phi) is 8.99.